The molecular weight excluding hydrogens is 841 g/mol. The first-order chi connectivity index (χ1) is 33.5. The zero-order valence-corrected chi connectivity index (χ0v) is 42.8. The van der Waals surface area contributed by atoms with Crippen molar-refractivity contribution in [3.63, 3.8) is 0 Å². The Morgan fingerprint density at radius 3 is 1.10 bits per heavy atom. The molecule has 0 N–H and O–H groups in total. The first-order valence-corrected chi connectivity index (χ1v) is 26.2. The van der Waals surface area contributed by atoms with Gasteiger partial charge in [-0.2, -0.15) is 0 Å². The van der Waals surface area contributed by atoms with Crippen molar-refractivity contribution < 1.29 is 28.6 Å². The molecule has 0 heterocycles. The number of unbranched alkanes of at least 4 members (excludes halogenated alkanes) is 9. The Balaban J connectivity index is 4.64. The summed E-state index contributed by atoms with van der Waals surface area (Å²) in [5.74, 6) is -1.09. The van der Waals surface area contributed by atoms with Crippen LogP contribution >= 0.6 is 0 Å². The predicted octanol–water partition coefficient (Wildman–Crippen LogP) is 17.6. The lowest BCUT2D eigenvalue weighted by Crippen LogP contribution is -2.30. The summed E-state index contributed by atoms with van der Waals surface area (Å²) in [7, 11) is 0. The molecule has 376 valence electrons. The summed E-state index contributed by atoms with van der Waals surface area (Å²) >= 11 is 0. The fraction of sp³-hybridized carbons (Fsp3) is 0.500. The van der Waals surface area contributed by atoms with Crippen LogP contribution < -0.4 is 0 Å². The summed E-state index contributed by atoms with van der Waals surface area (Å²) in [6.45, 7) is 6.12. The fourth-order valence-electron chi connectivity index (χ4n) is 6.27. The van der Waals surface area contributed by atoms with Gasteiger partial charge < -0.3 is 14.2 Å². The summed E-state index contributed by atoms with van der Waals surface area (Å²) in [6.07, 6.45) is 80.6. The normalized spacial score (nSPS) is 13.5. The Morgan fingerprint density at radius 2 is 0.632 bits per heavy atom. The Labute approximate surface area is 415 Å². The molecule has 0 aromatic rings. The van der Waals surface area contributed by atoms with E-state index in [0.29, 0.717) is 12.8 Å². The standard InChI is InChI=1S/C62H92O6/c1-4-7-10-13-16-19-22-25-28-30-31-32-35-37-40-43-46-49-52-55-61(64)67-58-59(57-66-60(63)54-51-48-45-42-39-36-33-27-24-21-18-15-12-9-6-3)68-62(65)56-53-50-47-44-41-38-34-29-26-23-20-17-14-11-8-5-2/h7-12,15-21,24-29,31-33,36-37,39-40,46,49,59H,4-6,13-14,22-23,30,34-35,38,41-45,47-48,50-58H2,1-3H3/b10-7-,11-8-,12-9-,18-15-,19-16-,20-17-,24-21-,28-25-,29-26-,32-31-,33-27-,39-36-,40-37-,49-46-. The number of carbonyl (C=O) groups is 3. The van der Waals surface area contributed by atoms with E-state index in [-0.39, 0.29) is 50.4 Å². The molecule has 0 fully saturated rings. The molecule has 0 radical (unpaired) electrons. The minimum atomic E-state index is -0.843. The van der Waals surface area contributed by atoms with E-state index in [9.17, 15) is 14.4 Å². The molecule has 0 rings (SSSR count). The van der Waals surface area contributed by atoms with E-state index in [4.69, 9.17) is 14.2 Å². The summed E-state index contributed by atoms with van der Waals surface area (Å²) in [5, 5.41) is 0. The van der Waals surface area contributed by atoms with Gasteiger partial charge in [-0.1, -0.05) is 223 Å². The van der Waals surface area contributed by atoms with Gasteiger partial charge in [0.2, 0.25) is 0 Å². The molecule has 0 bridgehead atoms. The highest BCUT2D eigenvalue weighted by atomic mass is 16.6. The number of hydrogen-bond donors (Lipinski definition) is 0. The van der Waals surface area contributed by atoms with Crippen LogP contribution in [0.1, 0.15) is 181 Å². The molecule has 0 aliphatic rings. The molecule has 0 spiro atoms. The average molecular weight is 933 g/mol. The highest BCUT2D eigenvalue weighted by Gasteiger charge is 2.19. The van der Waals surface area contributed by atoms with Crippen LogP contribution in [0.4, 0.5) is 0 Å². The van der Waals surface area contributed by atoms with E-state index in [2.05, 4.69) is 130 Å². The van der Waals surface area contributed by atoms with Crippen molar-refractivity contribution >= 4 is 17.9 Å². The Hall–Kier alpha value is -5.23. The number of esters is 3. The van der Waals surface area contributed by atoms with Crippen molar-refractivity contribution in [3.8, 4) is 0 Å². The van der Waals surface area contributed by atoms with E-state index < -0.39 is 6.10 Å². The van der Waals surface area contributed by atoms with Gasteiger partial charge in [-0.15, -0.1) is 0 Å². The minimum Gasteiger partial charge on any atom is -0.462 e. The van der Waals surface area contributed by atoms with Gasteiger partial charge in [0.25, 0.3) is 0 Å². The maximum atomic E-state index is 12.8. The molecule has 1 unspecified atom stereocenters. The van der Waals surface area contributed by atoms with Gasteiger partial charge in [0.05, 0.1) is 0 Å². The molecule has 0 saturated heterocycles. The van der Waals surface area contributed by atoms with Crippen LogP contribution in [0.2, 0.25) is 0 Å². The lowest BCUT2D eigenvalue weighted by Gasteiger charge is -2.18. The van der Waals surface area contributed by atoms with Crippen molar-refractivity contribution in [2.45, 2.75) is 187 Å². The molecule has 6 nitrogen and oxygen atoms in total. The van der Waals surface area contributed by atoms with Crippen molar-refractivity contribution in [2.75, 3.05) is 13.2 Å². The van der Waals surface area contributed by atoms with Crippen LogP contribution in [-0.4, -0.2) is 37.2 Å². The molecule has 0 aromatic carbocycles. The van der Waals surface area contributed by atoms with Crippen molar-refractivity contribution in [2.24, 2.45) is 0 Å². The van der Waals surface area contributed by atoms with Gasteiger partial charge in [-0.05, 0) is 109 Å². The average Bonchev–Trinajstić information content (AvgIpc) is 3.34. The minimum absolute atomic E-state index is 0.138. The zero-order chi connectivity index (χ0) is 49.3. The first-order valence-electron chi connectivity index (χ1n) is 26.2. The maximum Gasteiger partial charge on any atom is 0.306 e. The summed E-state index contributed by atoms with van der Waals surface area (Å²) in [4.78, 5) is 38.0. The van der Waals surface area contributed by atoms with Crippen LogP contribution in [0.15, 0.2) is 170 Å². The lowest BCUT2D eigenvalue weighted by molar-refractivity contribution is -0.166. The maximum absolute atomic E-state index is 12.8. The molecule has 0 amide bonds. The smallest absolute Gasteiger partial charge is 0.306 e. The number of carbonyl (C=O) groups excluding carboxylic acids is 3. The third-order valence-electron chi connectivity index (χ3n) is 10.1. The van der Waals surface area contributed by atoms with E-state index in [0.717, 1.165) is 116 Å². The van der Waals surface area contributed by atoms with Crippen molar-refractivity contribution in [1.82, 2.24) is 0 Å². The van der Waals surface area contributed by atoms with Crippen LogP contribution in [0.5, 0.6) is 0 Å². The number of allylic oxidation sites excluding steroid dienone is 28. The van der Waals surface area contributed by atoms with Crippen molar-refractivity contribution in [1.29, 1.82) is 0 Å². The van der Waals surface area contributed by atoms with Gasteiger partial charge in [0, 0.05) is 19.3 Å². The number of hydrogen-bond acceptors (Lipinski definition) is 6. The monoisotopic (exact) mass is 933 g/mol. The van der Waals surface area contributed by atoms with E-state index in [1.165, 1.54) is 12.8 Å². The predicted molar refractivity (Wildman–Crippen MR) is 292 cm³/mol. The number of rotatable bonds is 44. The third-order valence-corrected chi connectivity index (χ3v) is 10.1. The Kier molecular flexibility index (Phi) is 50.2. The highest BCUT2D eigenvalue weighted by molar-refractivity contribution is 5.71. The van der Waals surface area contributed by atoms with Gasteiger partial charge in [0.15, 0.2) is 6.10 Å². The van der Waals surface area contributed by atoms with Crippen molar-refractivity contribution in [3.05, 3.63) is 170 Å². The largest absolute Gasteiger partial charge is 0.462 e. The molecule has 0 saturated carbocycles. The van der Waals surface area contributed by atoms with Gasteiger partial charge in [-0.25, -0.2) is 0 Å². The topological polar surface area (TPSA) is 78.9 Å². The fourth-order valence-corrected chi connectivity index (χ4v) is 6.27. The van der Waals surface area contributed by atoms with E-state index in [1.807, 2.05) is 60.8 Å². The highest BCUT2D eigenvalue weighted by Crippen LogP contribution is 2.12. The number of ether oxygens (including phenoxy) is 3. The molecule has 0 aromatic heterocycles. The Bertz CT molecular complexity index is 1640. The van der Waals surface area contributed by atoms with Crippen LogP contribution in [-0.2, 0) is 28.6 Å². The molecular formula is C62H92O6. The zero-order valence-electron chi connectivity index (χ0n) is 42.8. The Morgan fingerprint density at radius 1 is 0.309 bits per heavy atom. The second kappa shape index (κ2) is 54.4. The van der Waals surface area contributed by atoms with E-state index in [1.54, 1.807) is 0 Å². The quantitative estimate of drug-likeness (QED) is 0.0199. The third kappa shape index (κ3) is 51.7. The van der Waals surface area contributed by atoms with Gasteiger partial charge in [-0.3, -0.25) is 14.4 Å². The van der Waals surface area contributed by atoms with Crippen LogP contribution in [0.3, 0.4) is 0 Å². The molecule has 0 aliphatic heterocycles. The van der Waals surface area contributed by atoms with E-state index >= 15 is 0 Å². The van der Waals surface area contributed by atoms with Crippen LogP contribution in [0.25, 0.3) is 0 Å². The second-order valence-electron chi connectivity index (χ2n) is 16.4. The second-order valence-corrected chi connectivity index (χ2v) is 16.4. The lowest BCUT2D eigenvalue weighted by atomic mass is 10.1. The first kappa shape index (κ1) is 62.8. The molecule has 0 aliphatic carbocycles. The summed E-state index contributed by atoms with van der Waals surface area (Å²) in [5.41, 5.74) is 0. The molecule has 68 heavy (non-hydrogen) atoms. The summed E-state index contributed by atoms with van der Waals surface area (Å²) in [6, 6.07) is 0. The molecule has 1 atom stereocenters. The molecule has 6 heteroatoms. The van der Waals surface area contributed by atoms with Gasteiger partial charge >= 0.3 is 17.9 Å². The van der Waals surface area contributed by atoms with Gasteiger partial charge in [0.1, 0.15) is 13.2 Å². The summed E-state index contributed by atoms with van der Waals surface area (Å²) < 4.78 is 16.7. The van der Waals surface area contributed by atoms with Crippen LogP contribution in [0, 0.1) is 0 Å². The SMILES string of the molecule is CC\C=C/C=C\C=C/C=C\C=C/CCCCCC(=O)OCC(COC(=O)CC/C=C\C/C=C\C/C=C\C/C=C\C/C=C\C/C=C\CC)OC(=O)CCCCCCCC/C=C\C/C=C\C/C=C\CC.